The highest BCUT2D eigenvalue weighted by Gasteiger charge is 2.26. The van der Waals surface area contributed by atoms with Crippen LogP contribution in [0.15, 0.2) is 48.5 Å². The third-order valence-corrected chi connectivity index (χ3v) is 5.28. The molecule has 2 atom stereocenters. The molecule has 0 radical (unpaired) electrons. The maximum Gasteiger partial charge on any atom is 0.127 e. The Kier molecular flexibility index (Phi) is 6.00. The molecule has 2 aromatic rings. The highest BCUT2D eigenvalue weighted by Crippen LogP contribution is 2.34. The first-order valence-corrected chi connectivity index (χ1v) is 9.69. The molecular formula is C23H32N2O. The minimum atomic E-state index is 0.0698. The molecule has 3 heteroatoms. The van der Waals surface area contributed by atoms with E-state index in [9.17, 15) is 0 Å². The highest BCUT2D eigenvalue weighted by molar-refractivity contribution is 5.45. The molecule has 26 heavy (non-hydrogen) atoms. The summed E-state index contributed by atoms with van der Waals surface area (Å²) in [5.74, 6) is 1.02. The summed E-state index contributed by atoms with van der Waals surface area (Å²) in [7, 11) is 1.78. The standard InChI is InChI=1S/C23H32N2O/c1-23(2,3)19-13-8-12-18(22(19)26-4)16-25-20-14-9-15-24-21(20)17-10-6-5-7-11-17/h5-8,10-13,20-21,24-25H,9,14-16H2,1-4H3/t20-,21-/m0/s1. The van der Waals surface area contributed by atoms with Crippen molar-refractivity contribution in [3.63, 3.8) is 0 Å². The lowest BCUT2D eigenvalue weighted by Gasteiger charge is -2.34. The van der Waals surface area contributed by atoms with E-state index in [0.29, 0.717) is 12.1 Å². The Balaban J connectivity index is 1.77. The van der Waals surface area contributed by atoms with Crippen LogP contribution in [-0.4, -0.2) is 19.7 Å². The zero-order valence-electron chi connectivity index (χ0n) is 16.5. The molecule has 1 aliphatic heterocycles. The van der Waals surface area contributed by atoms with Crippen LogP contribution in [-0.2, 0) is 12.0 Å². The largest absolute Gasteiger partial charge is 0.496 e. The summed E-state index contributed by atoms with van der Waals surface area (Å²) in [6.45, 7) is 8.61. The second kappa shape index (κ2) is 8.24. The van der Waals surface area contributed by atoms with E-state index in [1.165, 1.54) is 29.5 Å². The molecule has 3 nitrogen and oxygen atoms in total. The maximum atomic E-state index is 5.80. The van der Waals surface area contributed by atoms with Crippen LogP contribution < -0.4 is 15.4 Å². The summed E-state index contributed by atoms with van der Waals surface area (Å²) in [4.78, 5) is 0. The molecule has 1 aliphatic rings. The van der Waals surface area contributed by atoms with Gasteiger partial charge >= 0.3 is 0 Å². The molecule has 1 fully saturated rings. The fourth-order valence-corrected chi connectivity index (χ4v) is 3.92. The molecule has 2 aromatic carbocycles. The second-order valence-electron chi connectivity index (χ2n) is 8.22. The quantitative estimate of drug-likeness (QED) is 0.826. The summed E-state index contributed by atoms with van der Waals surface area (Å²) in [6.07, 6.45) is 2.40. The number of ether oxygens (including phenoxy) is 1. The number of hydrogen-bond donors (Lipinski definition) is 2. The van der Waals surface area contributed by atoms with Crippen LogP contribution in [0.1, 0.15) is 56.3 Å². The van der Waals surface area contributed by atoms with Gasteiger partial charge in [0.2, 0.25) is 0 Å². The van der Waals surface area contributed by atoms with Gasteiger partial charge in [-0.2, -0.15) is 0 Å². The summed E-state index contributed by atoms with van der Waals surface area (Å²) < 4.78 is 5.80. The number of piperidine rings is 1. The molecule has 0 aromatic heterocycles. The molecule has 1 saturated heterocycles. The Labute approximate surface area is 158 Å². The number of rotatable bonds is 5. The highest BCUT2D eigenvalue weighted by atomic mass is 16.5. The number of benzene rings is 2. The maximum absolute atomic E-state index is 5.80. The van der Waals surface area contributed by atoms with Crippen molar-refractivity contribution in [1.82, 2.24) is 10.6 Å². The Morgan fingerprint density at radius 2 is 1.85 bits per heavy atom. The fourth-order valence-electron chi connectivity index (χ4n) is 3.92. The van der Waals surface area contributed by atoms with Gasteiger partial charge in [0.15, 0.2) is 0 Å². The van der Waals surface area contributed by atoms with Crippen molar-refractivity contribution in [2.24, 2.45) is 0 Å². The van der Waals surface area contributed by atoms with Crippen molar-refractivity contribution < 1.29 is 4.74 Å². The molecule has 0 saturated carbocycles. The van der Waals surface area contributed by atoms with Gasteiger partial charge in [-0.3, -0.25) is 0 Å². The average Bonchev–Trinajstić information content (AvgIpc) is 2.66. The van der Waals surface area contributed by atoms with Crippen LogP contribution in [0.3, 0.4) is 0 Å². The van der Waals surface area contributed by atoms with E-state index in [1.807, 2.05) is 0 Å². The summed E-state index contributed by atoms with van der Waals surface area (Å²) >= 11 is 0. The van der Waals surface area contributed by atoms with E-state index >= 15 is 0 Å². The third kappa shape index (κ3) is 4.28. The summed E-state index contributed by atoms with van der Waals surface area (Å²) in [5, 5.41) is 7.49. The van der Waals surface area contributed by atoms with Crippen LogP contribution in [0.25, 0.3) is 0 Å². The van der Waals surface area contributed by atoms with Crippen LogP contribution in [0, 0.1) is 0 Å². The van der Waals surface area contributed by atoms with E-state index in [1.54, 1.807) is 7.11 Å². The van der Waals surface area contributed by atoms with Gasteiger partial charge in [0.25, 0.3) is 0 Å². The molecule has 0 spiro atoms. The van der Waals surface area contributed by atoms with Gasteiger partial charge in [0, 0.05) is 24.2 Å². The van der Waals surface area contributed by atoms with Crippen molar-refractivity contribution >= 4 is 0 Å². The van der Waals surface area contributed by atoms with Crippen LogP contribution in [0.4, 0.5) is 0 Å². The van der Waals surface area contributed by atoms with Gasteiger partial charge in [0.05, 0.1) is 7.11 Å². The van der Waals surface area contributed by atoms with Crippen molar-refractivity contribution in [3.05, 3.63) is 65.2 Å². The smallest absolute Gasteiger partial charge is 0.127 e. The first-order valence-electron chi connectivity index (χ1n) is 9.69. The third-order valence-electron chi connectivity index (χ3n) is 5.28. The van der Waals surface area contributed by atoms with E-state index in [0.717, 1.165) is 18.8 Å². The predicted octanol–water partition coefficient (Wildman–Crippen LogP) is 4.58. The zero-order valence-corrected chi connectivity index (χ0v) is 16.5. The van der Waals surface area contributed by atoms with Gasteiger partial charge in [-0.15, -0.1) is 0 Å². The number of hydrogen-bond acceptors (Lipinski definition) is 3. The van der Waals surface area contributed by atoms with Crippen LogP contribution in [0.2, 0.25) is 0 Å². The SMILES string of the molecule is COc1c(CN[C@H]2CCCN[C@H]2c2ccccc2)cccc1C(C)(C)C. The van der Waals surface area contributed by atoms with E-state index in [-0.39, 0.29) is 5.41 Å². The predicted molar refractivity (Wildman–Crippen MR) is 109 cm³/mol. The molecule has 2 N–H and O–H groups in total. The molecular weight excluding hydrogens is 320 g/mol. The molecule has 1 heterocycles. The first-order chi connectivity index (χ1) is 12.5. The van der Waals surface area contributed by atoms with Crippen LogP contribution in [0.5, 0.6) is 5.75 Å². The number of nitrogens with one attached hydrogen (secondary N) is 2. The van der Waals surface area contributed by atoms with Crippen LogP contribution >= 0.6 is 0 Å². The molecule has 0 amide bonds. The summed E-state index contributed by atoms with van der Waals surface area (Å²) in [6, 6.07) is 18.1. The Hall–Kier alpha value is -1.84. The Morgan fingerprint density at radius 1 is 1.08 bits per heavy atom. The molecule has 0 aliphatic carbocycles. The first kappa shape index (κ1) is 18.9. The van der Waals surface area contributed by atoms with Crippen molar-refractivity contribution in [2.45, 2.75) is 57.7 Å². The average molecular weight is 353 g/mol. The summed E-state index contributed by atoms with van der Waals surface area (Å²) in [5.41, 5.74) is 3.93. The monoisotopic (exact) mass is 352 g/mol. The van der Waals surface area contributed by atoms with Gasteiger partial charge < -0.3 is 15.4 Å². The molecule has 0 bridgehead atoms. The molecule has 0 unspecified atom stereocenters. The van der Waals surface area contributed by atoms with Crippen molar-refractivity contribution in [3.8, 4) is 5.75 Å². The minimum absolute atomic E-state index is 0.0698. The zero-order chi connectivity index (χ0) is 18.6. The van der Waals surface area contributed by atoms with Gasteiger partial charge in [-0.25, -0.2) is 0 Å². The minimum Gasteiger partial charge on any atom is -0.496 e. The molecule has 140 valence electrons. The normalized spacial score (nSPS) is 20.8. The van der Waals surface area contributed by atoms with Crippen molar-refractivity contribution in [2.75, 3.05) is 13.7 Å². The van der Waals surface area contributed by atoms with Crippen molar-refractivity contribution in [1.29, 1.82) is 0 Å². The number of para-hydroxylation sites is 1. The Bertz CT molecular complexity index is 706. The topological polar surface area (TPSA) is 33.3 Å². The van der Waals surface area contributed by atoms with Gasteiger partial charge in [0.1, 0.15) is 5.75 Å². The lowest BCUT2D eigenvalue weighted by molar-refractivity contribution is 0.302. The fraction of sp³-hybridized carbons (Fsp3) is 0.478. The van der Waals surface area contributed by atoms with Gasteiger partial charge in [-0.1, -0.05) is 69.3 Å². The van der Waals surface area contributed by atoms with E-state index in [2.05, 4.69) is 79.9 Å². The lowest BCUT2D eigenvalue weighted by atomic mass is 9.85. The second-order valence-corrected chi connectivity index (χ2v) is 8.22. The van der Waals surface area contributed by atoms with Gasteiger partial charge in [-0.05, 0) is 35.9 Å². The van der Waals surface area contributed by atoms with E-state index < -0.39 is 0 Å². The lowest BCUT2D eigenvalue weighted by Crippen LogP contribution is -2.45. The Morgan fingerprint density at radius 3 is 2.54 bits per heavy atom. The molecule has 3 rings (SSSR count). The van der Waals surface area contributed by atoms with E-state index in [4.69, 9.17) is 4.74 Å². The number of methoxy groups -OCH3 is 1.